The van der Waals surface area contributed by atoms with Crippen LogP contribution in [0.4, 0.5) is 4.39 Å². The summed E-state index contributed by atoms with van der Waals surface area (Å²) in [5, 5.41) is 4.67. The number of alkyl halides is 1. The molecule has 1 saturated carbocycles. The van der Waals surface area contributed by atoms with E-state index in [1.165, 1.54) is 24.8 Å². The molecule has 1 rings (SSSR count). The molecule has 17 heavy (non-hydrogen) atoms. The predicted octanol–water partition coefficient (Wildman–Crippen LogP) is 2.56. The number of nitrogens with zero attached hydrogens (tertiary/aromatic N) is 1. The molecule has 0 heterocycles. The number of carbonyl (C=O) groups is 1. The Hall–Kier alpha value is -0.550. The molecule has 0 saturated heterocycles. The van der Waals surface area contributed by atoms with Crippen molar-refractivity contribution in [2.45, 2.75) is 26.2 Å². The molecule has 1 amide bonds. The number of nitrogens with one attached hydrogen (secondary N) is 1. The zero-order valence-electron chi connectivity index (χ0n) is 10.5. The van der Waals surface area contributed by atoms with Crippen LogP contribution < -0.4 is 5.32 Å². The second-order valence-corrected chi connectivity index (χ2v) is 5.63. The van der Waals surface area contributed by atoms with Crippen molar-refractivity contribution in [1.82, 2.24) is 9.62 Å². The largest absolute Gasteiger partial charge is 0.332 e. The van der Waals surface area contributed by atoms with Crippen molar-refractivity contribution in [1.29, 1.82) is 0 Å². The molecule has 1 aliphatic rings. The van der Waals surface area contributed by atoms with Gasteiger partial charge in [-0.05, 0) is 37.3 Å². The molecule has 0 aromatic heterocycles. The second-order valence-electron chi connectivity index (χ2n) is 4.56. The van der Waals surface area contributed by atoms with Gasteiger partial charge in [0.1, 0.15) is 6.67 Å². The van der Waals surface area contributed by atoms with Gasteiger partial charge in [-0.15, -0.1) is 0 Å². The normalized spacial score (nSPS) is 18.2. The monoisotopic (exact) mass is 260 g/mol. The Labute approximate surface area is 107 Å². The van der Waals surface area contributed by atoms with Crippen molar-refractivity contribution in [3.63, 3.8) is 0 Å². The highest BCUT2D eigenvalue weighted by Crippen LogP contribution is 2.37. The van der Waals surface area contributed by atoms with E-state index in [0.29, 0.717) is 18.9 Å². The third kappa shape index (κ3) is 6.07. The molecule has 0 bridgehead atoms. The van der Waals surface area contributed by atoms with Crippen LogP contribution in [0, 0.1) is 11.8 Å². The van der Waals surface area contributed by atoms with Gasteiger partial charge in [0.2, 0.25) is 6.41 Å². The molecule has 5 heteroatoms. The molecule has 3 nitrogen and oxygen atoms in total. The van der Waals surface area contributed by atoms with Crippen molar-refractivity contribution in [2.24, 2.45) is 11.8 Å². The van der Waals surface area contributed by atoms with E-state index in [-0.39, 0.29) is 6.67 Å². The van der Waals surface area contributed by atoms with Gasteiger partial charge in [-0.2, -0.15) is 0 Å². The first kappa shape index (κ1) is 14.5. The third-order valence-electron chi connectivity index (χ3n) is 2.90. The van der Waals surface area contributed by atoms with Crippen LogP contribution in [0.25, 0.3) is 0 Å². The molecular weight excluding hydrogens is 239 g/mol. The zero-order valence-corrected chi connectivity index (χ0v) is 11.3. The first-order valence-electron chi connectivity index (χ1n) is 6.01. The van der Waals surface area contributed by atoms with Gasteiger partial charge >= 0.3 is 0 Å². The van der Waals surface area contributed by atoms with Crippen LogP contribution in [0.5, 0.6) is 0 Å². The highest BCUT2D eigenvalue weighted by molar-refractivity contribution is 7.99. The number of allylic oxidation sites excluding steroid dienone is 1. The van der Waals surface area contributed by atoms with Gasteiger partial charge in [0.05, 0.1) is 0 Å². The summed E-state index contributed by atoms with van der Waals surface area (Å²) in [4.78, 5) is 10.6. The fraction of sp³-hybridized carbons (Fsp3) is 0.750. The molecule has 0 aliphatic heterocycles. The number of rotatable bonds is 9. The van der Waals surface area contributed by atoms with E-state index in [1.807, 2.05) is 16.8 Å². The fourth-order valence-corrected chi connectivity index (χ4v) is 2.43. The van der Waals surface area contributed by atoms with Gasteiger partial charge in [0.15, 0.2) is 0 Å². The van der Waals surface area contributed by atoms with Crippen molar-refractivity contribution in [2.75, 3.05) is 20.3 Å². The predicted molar refractivity (Wildman–Crippen MR) is 70.0 cm³/mol. The topological polar surface area (TPSA) is 32.3 Å². The molecule has 0 aromatic rings. The van der Waals surface area contributed by atoms with Crippen LogP contribution in [-0.4, -0.2) is 31.0 Å². The smallest absolute Gasteiger partial charge is 0.211 e. The molecule has 1 aliphatic carbocycles. The summed E-state index contributed by atoms with van der Waals surface area (Å²) < 4.78 is 13.9. The van der Waals surface area contributed by atoms with E-state index in [9.17, 15) is 9.18 Å². The van der Waals surface area contributed by atoms with Gasteiger partial charge in [-0.1, -0.05) is 19.8 Å². The van der Waals surface area contributed by atoms with E-state index in [2.05, 4.69) is 12.2 Å². The Morgan fingerprint density at radius 1 is 1.65 bits per heavy atom. The Morgan fingerprint density at radius 2 is 2.35 bits per heavy atom. The maximum Gasteiger partial charge on any atom is 0.211 e. The average molecular weight is 260 g/mol. The molecule has 0 radical (unpaired) electrons. The number of hydrogen-bond donors (Lipinski definition) is 1. The Morgan fingerprint density at radius 3 is 2.88 bits per heavy atom. The summed E-state index contributed by atoms with van der Waals surface area (Å²) in [6.45, 7) is 2.16. The lowest BCUT2D eigenvalue weighted by molar-refractivity contribution is -0.109. The van der Waals surface area contributed by atoms with Crippen molar-refractivity contribution < 1.29 is 9.18 Å². The van der Waals surface area contributed by atoms with Crippen LogP contribution >= 0.6 is 11.9 Å². The molecule has 1 fully saturated rings. The van der Waals surface area contributed by atoms with Crippen LogP contribution in [0.15, 0.2) is 11.1 Å². The highest BCUT2D eigenvalue weighted by Gasteiger charge is 2.25. The lowest BCUT2D eigenvalue weighted by Gasteiger charge is -2.16. The maximum absolute atomic E-state index is 12.1. The molecule has 1 N–H and O–H groups in total. The van der Waals surface area contributed by atoms with Gasteiger partial charge < -0.3 is 5.32 Å². The number of carbonyl (C=O) groups excluding carboxylic acids is 1. The minimum absolute atomic E-state index is 0.356. The Kier molecular flexibility index (Phi) is 6.58. The van der Waals surface area contributed by atoms with Crippen LogP contribution in [0.1, 0.15) is 26.2 Å². The molecule has 1 unspecified atom stereocenters. The summed E-state index contributed by atoms with van der Waals surface area (Å²) in [5.41, 5.74) is 0.933. The number of halogens is 1. The summed E-state index contributed by atoms with van der Waals surface area (Å²) in [5.74, 6) is 1.19. The van der Waals surface area contributed by atoms with E-state index >= 15 is 0 Å². The summed E-state index contributed by atoms with van der Waals surface area (Å²) in [7, 11) is 1.84. The van der Waals surface area contributed by atoms with E-state index in [1.54, 1.807) is 0 Å². The summed E-state index contributed by atoms with van der Waals surface area (Å²) in [6, 6.07) is 0. The Bertz CT molecular complexity index is 269. The van der Waals surface area contributed by atoms with Crippen molar-refractivity contribution >= 4 is 18.4 Å². The quantitative estimate of drug-likeness (QED) is 0.511. The summed E-state index contributed by atoms with van der Waals surface area (Å²) >= 11 is 1.43. The van der Waals surface area contributed by atoms with Crippen molar-refractivity contribution in [3.05, 3.63) is 11.1 Å². The third-order valence-corrected chi connectivity index (χ3v) is 3.80. The van der Waals surface area contributed by atoms with Crippen molar-refractivity contribution in [3.8, 4) is 0 Å². The van der Waals surface area contributed by atoms with Crippen LogP contribution in [0.3, 0.4) is 0 Å². The van der Waals surface area contributed by atoms with E-state index < -0.39 is 0 Å². The number of amides is 1. The second kappa shape index (κ2) is 7.71. The molecule has 0 spiro atoms. The maximum atomic E-state index is 12.1. The number of hydrogen-bond acceptors (Lipinski definition) is 3. The lowest BCUT2D eigenvalue weighted by atomic mass is 10.0. The standard InChI is InChI=1S/C12H21FN2OS/c1-10(7-11-3-4-11)12(14-9-16)8-17-15(2)6-5-13/h8-11H,3-7H2,1-2H3,(H,14,16)/b12-8-. The zero-order chi connectivity index (χ0) is 12.7. The minimum atomic E-state index is -0.356. The highest BCUT2D eigenvalue weighted by atomic mass is 32.2. The van der Waals surface area contributed by atoms with E-state index in [0.717, 1.165) is 18.0 Å². The lowest BCUT2D eigenvalue weighted by Crippen LogP contribution is -2.18. The summed E-state index contributed by atoms with van der Waals surface area (Å²) in [6.07, 6.45) is 4.46. The van der Waals surface area contributed by atoms with Crippen LogP contribution in [0.2, 0.25) is 0 Å². The SMILES string of the molecule is CC(CC1CC1)/C(=C/SN(C)CCF)NC=O. The van der Waals surface area contributed by atoms with Gasteiger partial charge in [0.25, 0.3) is 0 Å². The van der Waals surface area contributed by atoms with Gasteiger partial charge in [0, 0.05) is 17.6 Å². The molecule has 1 atom stereocenters. The first-order valence-corrected chi connectivity index (χ1v) is 6.85. The fourth-order valence-electron chi connectivity index (χ4n) is 1.66. The minimum Gasteiger partial charge on any atom is -0.332 e. The molecular formula is C12H21FN2OS. The van der Waals surface area contributed by atoms with E-state index in [4.69, 9.17) is 0 Å². The van der Waals surface area contributed by atoms with Gasteiger partial charge in [-0.3, -0.25) is 4.79 Å². The molecule has 0 aromatic carbocycles. The van der Waals surface area contributed by atoms with Gasteiger partial charge in [-0.25, -0.2) is 8.70 Å². The molecule has 98 valence electrons. The van der Waals surface area contributed by atoms with Crippen LogP contribution in [-0.2, 0) is 4.79 Å². The first-order chi connectivity index (χ1) is 8.17. The average Bonchev–Trinajstić information content (AvgIpc) is 3.08. The Balaban J connectivity index is 2.43.